The maximum absolute atomic E-state index is 11.3. The summed E-state index contributed by atoms with van der Waals surface area (Å²) in [6, 6.07) is 5.65. The van der Waals surface area contributed by atoms with Gasteiger partial charge in [-0.15, -0.1) is 0 Å². The molecule has 2 rings (SSSR count). The zero-order chi connectivity index (χ0) is 12.4. The number of carbonyl (C=O) groups is 1. The molecule has 1 heterocycles. The lowest BCUT2D eigenvalue weighted by atomic mass is 10.1. The molecule has 0 bridgehead atoms. The third-order valence-electron chi connectivity index (χ3n) is 3.08. The Kier molecular flexibility index (Phi) is 4.07. The third-order valence-corrected chi connectivity index (χ3v) is 3.93. The van der Waals surface area contributed by atoms with Gasteiger partial charge >= 0.3 is 0 Å². The molecule has 0 aliphatic carbocycles. The minimum atomic E-state index is -0.240. The van der Waals surface area contributed by atoms with Crippen molar-refractivity contribution in [2.75, 3.05) is 6.54 Å². The van der Waals surface area contributed by atoms with Gasteiger partial charge in [-0.3, -0.25) is 9.69 Å². The minimum Gasteiger partial charge on any atom is -0.368 e. The Balaban J connectivity index is 2.12. The molecule has 0 aromatic heterocycles. The number of amides is 1. The van der Waals surface area contributed by atoms with Crippen LogP contribution in [0.2, 0.25) is 5.02 Å². The van der Waals surface area contributed by atoms with Crippen LogP contribution in [0.25, 0.3) is 0 Å². The second-order valence-electron chi connectivity index (χ2n) is 4.27. The molecule has 0 saturated carbocycles. The van der Waals surface area contributed by atoms with Crippen molar-refractivity contribution in [1.82, 2.24) is 4.90 Å². The predicted molar refractivity (Wildman–Crippen MR) is 71.8 cm³/mol. The number of benzene rings is 1. The first-order valence-electron chi connectivity index (χ1n) is 5.55. The molecule has 5 heteroatoms. The lowest BCUT2D eigenvalue weighted by molar-refractivity contribution is -0.122. The van der Waals surface area contributed by atoms with Crippen LogP contribution in [0.5, 0.6) is 0 Å². The van der Waals surface area contributed by atoms with Crippen LogP contribution in [0.1, 0.15) is 18.4 Å². The van der Waals surface area contributed by atoms with Gasteiger partial charge in [0, 0.05) is 16.0 Å². The van der Waals surface area contributed by atoms with Crippen LogP contribution in [0, 0.1) is 0 Å². The van der Waals surface area contributed by atoms with Gasteiger partial charge in [-0.05, 0) is 37.1 Å². The van der Waals surface area contributed by atoms with Crippen molar-refractivity contribution in [2.45, 2.75) is 25.4 Å². The predicted octanol–water partition coefficient (Wildman–Crippen LogP) is 2.55. The average Bonchev–Trinajstić information content (AvgIpc) is 2.70. The summed E-state index contributed by atoms with van der Waals surface area (Å²) >= 11 is 9.53. The number of rotatable bonds is 3. The van der Waals surface area contributed by atoms with Crippen molar-refractivity contribution < 1.29 is 4.79 Å². The van der Waals surface area contributed by atoms with Crippen molar-refractivity contribution in [3.8, 4) is 0 Å². The highest BCUT2D eigenvalue weighted by atomic mass is 79.9. The normalized spacial score (nSPS) is 20.7. The Labute approximate surface area is 114 Å². The Hall–Kier alpha value is -0.580. The standard InChI is InChI=1S/C12H14BrClN2O/c13-9-4-3-8(10(14)6-9)7-16-5-1-2-11(16)12(15)17/h3-4,6,11H,1-2,5,7H2,(H2,15,17). The number of carbonyl (C=O) groups excluding carboxylic acids is 1. The molecule has 1 amide bonds. The van der Waals surface area contributed by atoms with Gasteiger partial charge in [0.05, 0.1) is 6.04 Å². The van der Waals surface area contributed by atoms with Gasteiger partial charge in [0.2, 0.25) is 5.91 Å². The van der Waals surface area contributed by atoms with Crippen molar-refractivity contribution in [3.05, 3.63) is 33.3 Å². The first-order chi connectivity index (χ1) is 8.08. The molecule has 1 aromatic rings. The van der Waals surface area contributed by atoms with Gasteiger partial charge in [0.1, 0.15) is 0 Å². The van der Waals surface area contributed by atoms with E-state index in [1.165, 1.54) is 0 Å². The van der Waals surface area contributed by atoms with Crippen LogP contribution in [-0.2, 0) is 11.3 Å². The van der Waals surface area contributed by atoms with E-state index in [1.807, 2.05) is 18.2 Å². The molecule has 1 aliphatic heterocycles. The van der Waals surface area contributed by atoms with Gasteiger partial charge in [-0.2, -0.15) is 0 Å². The molecule has 1 aromatic carbocycles. The molecule has 17 heavy (non-hydrogen) atoms. The average molecular weight is 318 g/mol. The summed E-state index contributed by atoms with van der Waals surface area (Å²) in [7, 11) is 0. The summed E-state index contributed by atoms with van der Waals surface area (Å²) in [6.45, 7) is 1.58. The van der Waals surface area contributed by atoms with E-state index in [-0.39, 0.29) is 11.9 Å². The van der Waals surface area contributed by atoms with E-state index < -0.39 is 0 Å². The van der Waals surface area contributed by atoms with Crippen molar-refractivity contribution in [1.29, 1.82) is 0 Å². The molecule has 2 N–H and O–H groups in total. The summed E-state index contributed by atoms with van der Waals surface area (Å²) in [4.78, 5) is 13.4. The number of hydrogen-bond acceptors (Lipinski definition) is 2. The number of nitrogens with two attached hydrogens (primary N) is 1. The quantitative estimate of drug-likeness (QED) is 0.931. The second kappa shape index (κ2) is 5.38. The van der Waals surface area contributed by atoms with E-state index in [0.717, 1.165) is 34.4 Å². The largest absolute Gasteiger partial charge is 0.368 e. The summed E-state index contributed by atoms with van der Waals surface area (Å²) in [5, 5.41) is 0.717. The Morgan fingerprint density at radius 2 is 2.35 bits per heavy atom. The van der Waals surface area contributed by atoms with Crippen LogP contribution >= 0.6 is 27.5 Å². The van der Waals surface area contributed by atoms with E-state index in [1.54, 1.807) is 0 Å². The van der Waals surface area contributed by atoms with Crippen molar-refractivity contribution in [3.63, 3.8) is 0 Å². The van der Waals surface area contributed by atoms with Crippen LogP contribution in [0.4, 0.5) is 0 Å². The number of primary amides is 1. The third kappa shape index (κ3) is 3.00. The van der Waals surface area contributed by atoms with E-state index in [4.69, 9.17) is 17.3 Å². The second-order valence-corrected chi connectivity index (χ2v) is 5.59. The smallest absolute Gasteiger partial charge is 0.234 e. The van der Waals surface area contributed by atoms with E-state index in [9.17, 15) is 4.79 Å². The topological polar surface area (TPSA) is 46.3 Å². The van der Waals surface area contributed by atoms with Gasteiger partial charge < -0.3 is 5.73 Å². The molecule has 1 aliphatic rings. The highest BCUT2D eigenvalue weighted by Gasteiger charge is 2.29. The Morgan fingerprint density at radius 1 is 1.59 bits per heavy atom. The van der Waals surface area contributed by atoms with Crippen LogP contribution in [0.3, 0.4) is 0 Å². The van der Waals surface area contributed by atoms with E-state index in [2.05, 4.69) is 20.8 Å². The number of likely N-dealkylation sites (tertiary alicyclic amines) is 1. The zero-order valence-electron chi connectivity index (χ0n) is 9.33. The lowest BCUT2D eigenvalue weighted by Crippen LogP contribution is -2.39. The molecule has 92 valence electrons. The Bertz CT molecular complexity index is 439. The highest BCUT2D eigenvalue weighted by molar-refractivity contribution is 9.10. The van der Waals surface area contributed by atoms with Gasteiger partial charge in [0.15, 0.2) is 0 Å². The molecule has 3 nitrogen and oxygen atoms in total. The monoisotopic (exact) mass is 316 g/mol. The summed E-state index contributed by atoms with van der Waals surface area (Å²) in [5.74, 6) is -0.240. The first kappa shape index (κ1) is 12.9. The number of nitrogens with zero attached hydrogens (tertiary/aromatic N) is 1. The van der Waals surface area contributed by atoms with Crippen LogP contribution in [0.15, 0.2) is 22.7 Å². The minimum absolute atomic E-state index is 0.144. The lowest BCUT2D eigenvalue weighted by Gasteiger charge is -2.22. The van der Waals surface area contributed by atoms with Crippen LogP contribution in [-0.4, -0.2) is 23.4 Å². The van der Waals surface area contributed by atoms with Crippen molar-refractivity contribution >= 4 is 33.4 Å². The summed E-state index contributed by atoms with van der Waals surface area (Å²) in [6.07, 6.45) is 1.87. The maximum atomic E-state index is 11.3. The molecular formula is C12H14BrClN2O. The van der Waals surface area contributed by atoms with Crippen molar-refractivity contribution in [2.24, 2.45) is 5.73 Å². The summed E-state index contributed by atoms with van der Waals surface area (Å²) in [5.41, 5.74) is 6.41. The SMILES string of the molecule is NC(=O)C1CCCN1Cc1ccc(Br)cc1Cl. The molecule has 0 spiro atoms. The highest BCUT2D eigenvalue weighted by Crippen LogP contribution is 2.26. The van der Waals surface area contributed by atoms with E-state index in [0.29, 0.717) is 6.54 Å². The first-order valence-corrected chi connectivity index (χ1v) is 6.72. The Morgan fingerprint density at radius 3 is 3.00 bits per heavy atom. The number of halogens is 2. The number of hydrogen-bond donors (Lipinski definition) is 1. The zero-order valence-corrected chi connectivity index (χ0v) is 11.7. The van der Waals surface area contributed by atoms with Gasteiger partial charge in [-0.1, -0.05) is 33.6 Å². The van der Waals surface area contributed by atoms with E-state index >= 15 is 0 Å². The fourth-order valence-electron chi connectivity index (χ4n) is 2.21. The summed E-state index contributed by atoms with van der Waals surface area (Å²) < 4.78 is 0.958. The molecule has 1 atom stereocenters. The van der Waals surface area contributed by atoms with Gasteiger partial charge in [0.25, 0.3) is 0 Å². The fraction of sp³-hybridized carbons (Fsp3) is 0.417. The van der Waals surface area contributed by atoms with Gasteiger partial charge in [-0.25, -0.2) is 0 Å². The fourth-order valence-corrected chi connectivity index (χ4v) is 2.94. The molecule has 0 radical (unpaired) electrons. The molecular weight excluding hydrogens is 304 g/mol. The maximum Gasteiger partial charge on any atom is 0.234 e. The molecule has 1 saturated heterocycles. The molecule has 1 fully saturated rings. The van der Waals surface area contributed by atoms with Crippen LogP contribution < -0.4 is 5.73 Å². The molecule has 1 unspecified atom stereocenters.